The predicted molar refractivity (Wildman–Crippen MR) is 109 cm³/mol. The van der Waals surface area contributed by atoms with Gasteiger partial charge in [-0.25, -0.2) is 0 Å². The molecule has 0 amide bonds. The molecule has 27 heavy (non-hydrogen) atoms. The standard InChI is InChI=1S/C22H30O4S/c1-2-3-4-5-6-7-8-10-13-19-16-17-22(27(23,24)25)21(18-19)26-20-14-11-9-12-15-20/h9,11-12,14-18H,2-8,10,13H2,1H3,(H,23,24,25). The number of benzene rings is 2. The third kappa shape index (κ3) is 7.73. The van der Waals surface area contributed by atoms with E-state index in [2.05, 4.69) is 6.92 Å². The number of aryl methyl sites for hydroxylation is 1. The van der Waals surface area contributed by atoms with Crippen LogP contribution in [-0.4, -0.2) is 13.0 Å². The van der Waals surface area contributed by atoms with Crippen molar-refractivity contribution >= 4 is 10.1 Å². The Morgan fingerprint density at radius 3 is 2.11 bits per heavy atom. The molecule has 0 aromatic heterocycles. The Morgan fingerprint density at radius 2 is 1.48 bits per heavy atom. The van der Waals surface area contributed by atoms with Crippen molar-refractivity contribution in [2.45, 2.75) is 69.6 Å². The van der Waals surface area contributed by atoms with Crippen molar-refractivity contribution in [3.8, 4) is 11.5 Å². The van der Waals surface area contributed by atoms with Crippen LogP contribution in [0.1, 0.15) is 63.9 Å². The second-order valence-electron chi connectivity index (χ2n) is 6.90. The Hall–Kier alpha value is -1.85. The molecule has 5 heteroatoms. The van der Waals surface area contributed by atoms with E-state index in [0.717, 1.165) is 18.4 Å². The summed E-state index contributed by atoms with van der Waals surface area (Å²) in [6.07, 6.45) is 10.8. The number of para-hydroxylation sites is 1. The summed E-state index contributed by atoms with van der Waals surface area (Å²) >= 11 is 0. The van der Waals surface area contributed by atoms with Crippen LogP contribution in [0.2, 0.25) is 0 Å². The second-order valence-corrected chi connectivity index (χ2v) is 8.29. The summed E-state index contributed by atoms with van der Waals surface area (Å²) in [5.74, 6) is 0.701. The van der Waals surface area contributed by atoms with Crippen molar-refractivity contribution in [1.82, 2.24) is 0 Å². The fraction of sp³-hybridized carbons (Fsp3) is 0.455. The van der Waals surface area contributed by atoms with E-state index < -0.39 is 10.1 Å². The molecule has 0 bridgehead atoms. The molecule has 0 radical (unpaired) electrons. The van der Waals surface area contributed by atoms with Gasteiger partial charge in [-0.3, -0.25) is 4.55 Å². The molecular formula is C22H30O4S. The number of rotatable bonds is 12. The van der Waals surface area contributed by atoms with Crippen LogP contribution in [-0.2, 0) is 16.5 Å². The van der Waals surface area contributed by atoms with Gasteiger partial charge in [0.1, 0.15) is 16.4 Å². The summed E-state index contributed by atoms with van der Waals surface area (Å²) in [6.45, 7) is 2.23. The zero-order valence-corrected chi connectivity index (χ0v) is 16.9. The molecule has 1 N–H and O–H groups in total. The highest BCUT2D eigenvalue weighted by atomic mass is 32.2. The van der Waals surface area contributed by atoms with Gasteiger partial charge >= 0.3 is 0 Å². The molecule has 2 rings (SSSR count). The van der Waals surface area contributed by atoms with Gasteiger partial charge in [-0.05, 0) is 42.7 Å². The molecule has 0 heterocycles. The first-order valence-corrected chi connectivity index (χ1v) is 11.3. The van der Waals surface area contributed by atoms with Gasteiger partial charge in [-0.1, -0.05) is 76.1 Å². The average Bonchev–Trinajstić information content (AvgIpc) is 2.64. The highest BCUT2D eigenvalue weighted by Gasteiger charge is 2.18. The Morgan fingerprint density at radius 1 is 0.852 bits per heavy atom. The molecule has 148 valence electrons. The van der Waals surface area contributed by atoms with Crippen LogP contribution >= 0.6 is 0 Å². The van der Waals surface area contributed by atoms with Crippen molar-refractivity contribution < 1.29 is 17.7 Å². The molecule has 0 spiro atoms. The van der Waals surface area contributed by atoms with Gasteiger partial charge in [0, 0.05) is 0 Å². The lowest BCUT2D eigenvalue weighted by molar-refractivity contribution is 0.449. The SMILES string of the molecule is CCCCCCCCCCc1ccc(S(=O)(=O)O)c(Oc2ccccc2)c1. The first kappa shape index (κ1) is 21.5. The average molecular weight is 391 g/mol. The van der Waals surface area contributed by atoms with Crippen LogP contribution in [0.15, 0.2) is 53.4 Å². The quantitative estimate of drug-likeness (QED) is 0.336. The lowest BCUT2D eigenvalue weighted by Crippen LogP contribution is -2.02. The molecule has 0 saturated heterocycles. The Labute approximate surface area is 163 Å². The summed E-state index contributed by atoms with van der Waals surface area (Å²) < 4.78 is 38.5. The van der Waals surface area contributed by atoms with Crippen LogP contribution in [0.4, 0.5) is 0 Å². The molecule has 4 nitrogen and oxygen atoms in total. The number of unbranched alkanes of at least 4 members (excludes halogenated alkanes) is 7. The highest BCUT2D eigenvalue weighted by Crippen LogP contribution is 2.30. The first-order valence-electron chi connectivity index (χ1n) is 9.84. The minimum atomic E-state index is -4.34. The molecular weight excluding hydrogens is 360 g/mol. The van der Waals surface area contributed by atoms with E-state index in [0.29, 0.717) is 5.75 Å². The van der Waals surface area contributed by atoms with Gasteiger partial charge in [0.25, 0.3) is 10.1 Å². The smallest absolute Gasteiger partial charge is 0.298 e. The lowest BCUT2D eigenvalue weighted by Gasteiger charge is -2.11. The van der Waals surface area contributed by atoms with Crippen molar-refractivity contribution in [2.75, 3.05) is 0 Å². The monoisotopic (exact) mass is 390 g/mol. The normalized spacial score (nSPS) is 11.5. The summed E-state index contributed by atoms with van der Waals surface area (Å²) in [6, 6.07) is 13.9. The van der Waals surface area contributed by atoms with E-state index in [-0.39, 0.29) is 10.6 Å². The van der Waals surface area contributed by atoms with E-state index in [4.69, 9.17) is 4.74 Å². The van der Waals surface area contributed by atoms with Crippen molar-refractivity contribution in [2.24, 2.45) is 0 Å². The topological polar surface area (TPSA) is 63.6 Å². The fourth-order valence-corrected chi connectivity index (χ4v) is 3.67. The zero-order chi connectivity index (χ0) is 19.5. The third-order valence-electron chi connectivity index (χ3n) is 4.58. The van der Waals surface area contributed by atoms with Crippen LogP contribution in [0.5, 0.6) is 11.5 Å². The third-order valence-corrected chi connectivity index (χ3v) is 5.47. The lowest BCUT2D eigenvalue weighted by atomic mass is 10.0. The first-order chi connectivity index (χ1) is 13.0. The molecule has 0 aliphatic heterocycles. The van der Waals surface area contributed by atoms with Crippen LogP contribution in [0.3, 0.4) is 0 Å². The summed E-state index contributed by atoms with van der Waals surface area (Å²) in [5, 5.41) is 0. The van der Waals surface area contributed by atoms with Gasteiger partial charge in [0.2, 0.25) is 0 Å². The van der Waals surface area contributed by atoms with E-state index in [1.54, 1.807) is 24.3 Å². The van der Waals surface area contributed by atoms with Gasteiger partial charge in [-0.15, -0.1) is 0 Å². The predicted octanol–water partition coefficient (Wildman–Crippen LogP) is 6.41. The van der Waals surface area contributed by atoms with E-state index in [1.807, 2.05) is 18.2 Å². The fourth-order valence-electron chi connectivity index (χ4n) is 3.08. The van der Waals surface area contributed by atoms with Gasteiger partial charge in [0.05, 0.1) is 0 Å². The van der Waals surface area contributed by atoms with Gasteiger partial charge < -0.3 is 4.74 Å². The van der Waals surface area contributed by atoms with E-state index >= 15 is 0 Å². The minimum Gasteiger partial charge on any atom is -0.456 e. The molecule has 0 fully saturated rings. The van der Waals surface area contributed by atoms with Crippen molar-refractivity contribution in [1.29, 1.82) is 0 Å². The molecule has 0 aliphatic rings. The number of hydrogen-bond donors (Lipinski definition) is 1. The minimum absolute atomic E-state index is 0.167. The van der Waals surface area contributed by atoms with E-state index in [1.165, 1.54) is 51.0 Å². The number of ether oxygens (including phenoxy) is 1. The van der Waals surface area contributed by atoms with Crippen LogP contribution in [0.25, 0.3) is 0 Å². The van der Waals surface area contributed by atoms with E-state index in [9.17, 15) is 13.0 Å². The second kappa shape index (κ2) is 11.1. The van der Waals surface area contributed by atoms with Crippen LogP contribution < -0.4 is 4.74 Å². The van der Waals surface area contributed by atoms with Crippen LogP contribution in [0, 0.1) is 0 Å². The Bertz CT molecular complexity index is 785. The molecule has 0 atom stereocenters. The largest absolute Gasteiger partial charge is 0.456 e. The molecule has 2 aromatic carbocycles. The Kier molecular flexibility index (Phi) is 8.82. The van der Waals surface area contributed by atoms with Crippen molar-refractivity contribution in [3.63, 3.8) is 0 Å². The molecule has 0 aliphatic carbocycles. The maximum Gasteiger partial charge on any atom is 0.298 e. The maximum atomic E-state index is 11.6. The summed E-state index contributed by atoms with van der Waals surface area (Å²) in [5.41, 5.74) is 1.01. The Balaban J connectivity index is 1.95. The van der Waals surface area contributed by atoms with Crippen molar-refractivity contribution in [3.05, 3.63) is 54.1 Å². The molecule has 0 unspecified atom stereocenters. The summed E-state index contributed by atoms with van der Waals surface area (Å²) in [4.78, 5) is -0.203. The van der Waals surface area contributed by atoms with Gasteiger partial charge in [0.15, 0.2) is 0 Å². The zero-order valence-electron chi connectivity index (χ0n) is 16.1. The number of hydrogen-bond acceptors (Lipinski definition) is 3. The molecule has 0 saturated carbocycles. The molecule has 2 aromatic rings. The summed E-state index contributed by atoms with van der Waals surface area (Å²) in [7, 11) is -4.34. The van der Waals surface area contributed by atoms with Gasteiger partial charge in [-0.2, -0.15) is 8.42 Å². The maximum absolute atomic E-state index is 11.6. The highest BCUT2D eigenvalue weighted by molar-refractivity contribution is 7.86.